The maximum Gasteiger partial charge on any atom is 0.197 e. The van der Waals surface area contributed by atoms with Crippen molar-refractivity contribution in [2.45, 2.75) is 20.3 Å². The number of furan rings is 1. The molecule has 25 heavy (non-hydrogen) atoms. The van der Waals surface area contributed by atoms with E-state index < -0.39 is 0 Å². The Bertz CT molecular complexity index is 878. The SMILES string of the molecule is CNCCCOc1ccc(C(=O)c2c(C)oc3ccc(C)cc23)cc1. The summed E-state index contributed by atoms with van der Waals surface area (Å²) in [5.41, 5.74) is 3.12. The summed E-state index contributed by atoms with van der Waals surface area (Å²) in [6.07, 6.45) is 0.941. The van der Waals surface area contributed by atoms with E-state index in [9.17, 15) is 4.79 Å². The van der Waals surface area contributed by atoms with Crippen LogP contribution in [-0.2, 0) is 0 Å². The topological polar surface area (TPSA) is 51.5 Å². The molecule has 0 spiro atoms. The maximum absolute atomic E-state index is 13.0. The number of rotatable bonds is 7. The van der Waals surface area contributed by atoms with E-state index in [0.717, 1.165) is 35.2 Å². The van der Waals surface area contributed by atoms with Gasteiger partial charge in [0.25, 0.3) is 0 Å². The van der Waals surface area contributed by atoms with Crippen LogP contribution in [0.3, 0.4) is 0 Å². The number of ketones is 1. The number of fused-ring (bicyclic) bond motifs is 1. The second kappa shape index (κ2) is 7.53. The van der Waals surface area contributed by atoms with Gasteiger partial charge in [-0.1, -0.05) is 11.6 Å². The predicted octanol–water partition coefficient (Wildman–Crippen LogP) is 4.27. The lowest BCUT2D eigenvalue weighted by Crippen LogP contribution is -2.11. The molecule has 0 saturated carbocycles. The Morgan fingerprint density at radius 3 is 2.60 bits per heavy atom. The molecule has 0 fully saturated rings. The van der Waals surface area contributed by atoms with Crippen molar-refractivity contribution in [1.82, 2.24) is 5.32 Å². The molecule has 0 radical (unpaired) electrons. The van der Waals surface area contributed by atoms with E-state index in [1.807, 2.05) is 63.4 Å². The fourth-order valence-electron chi connectivity index (χ4n) is 2.90. The minimum absolute atomic E-state index is 0.0245. The monoisotopic (exact) mass is 337 g/mol. The number of aryl methyl sites for hydroxylation is 2. The third-order valence-corrected chi connectivity index (χ3v) is 4.20. The van der Waals surface area contributed by atoms with Gasteiger partial charge < -0.3 is 14.5 Å². The molecule has 2 aromatic carbocycles. The van der Waals surface area contributed by atoms with Gasteiger partial charge in [0, 0.05) is 10.9 Å². The Morgan fingerprint density at radius 1 is 1.12 bits per heavy atom. The molecule has 4 heteroatoms. The quantitative estimate of drug-likeness (QED) is 0.517. The molecule has 0 bridgehead atoms. The highest BCUT2D eigenvalue weighted by Gasteiger charge is 2.19. The first-order valence-corrected chi connectivity index (χ1v) is 8.52. The number of hydrogen-bond donors (Lipinski definition) is 1. The van der Waals surface area contributed by atoms with E-state index in [2.05, 4.69) is 5.32 Å². The van der Waals surface area contributed by atoms with Gasteiger partial charge in [0.2, 0.25) is 0 Å². The van der Waals surface area contributed by atoms with Crippen LogP contribution in [0.1, 0.15) is 33.7 Å². The Labute approximate surface area is 147 Å². The number of carbonyl (C=O) groups is 1. The van der Waals surface area contributed by atoms with Gasteiger partial charge in [-0.2, -0.15) is 0 Å². The lowest BCUT2D eigenvalue weighted by atomic mass is 9.99. The van der Waals surface area contributed by atoms with Crippen LogP contribution in [0.4, 0.5) is 0 Å². The molecular weight excluding hydrogens is 314 g/mol. The zero-order chi connectivity index (χ0) is 17.8. The van der Waals surface area contributed by atoms with Gasteiger partial charge in [0.05, 0.1) is 12.2 Å². The summed E-state index contributed by atoms with van der Waals surface area (Å²) in [5, 5.41) is 3.95. The Hall–Kier alpha value is -2.59. The molecule has 3 rings (SSSR count). The van der Waals surface area contributed by atoms with Crippen molar-refractivity contribution >= 4 is 16.8 Å². The first-order chi connectivity index (χ1) is 12.1. The molecule has 1 N–H and O–H groups in total. The van der Waals surface area contributed by atoms with E-state index in [-0.39, 0.29) is 5.78 Å². The standard InChI is InChI=1S/C21H23NO3/c1-14-5-10-19-18(13-14)20(15(2)25-19)21(23)16-6-8-17(9-7-16)24-12-4-11-22-3/h5-10,13,22H,4,11-12H2,1-3H3. The van der Waals surface area contributed by atoms with Crippen LogP contribution in [0.2, 0.25) is 0 Å². The van der Waals surface area contributed by atoms with Crippen molar-refractivity contribution in [2.75, 3.05) is 20.2 Å². The Kier molecular flexibility index (Phi) is 5.19. The van der Waals surface area contributed by atoms with Gasteiger partial charge in [-0.25, -0.2) is 0 Å². The van der Waals surface area contributed by atoms with Crippen LogP contribution in [0, 0.1) is 13.8 Å². The molecule has 1 aromatic heterocycles. The maximum atomic E-state index is 13.0. The third-order valence-electron chi connectivity index (χ3n) is 4.20. The van der Waals surface area contributed by atoms with Crippen molar-refractivity contribution in [1.29, 1.82) is 0 Å². The molecule has 0 atom stereocenters. The van der Waals surface area contributed by atoms with Gasteiger partial charge in [-0.3, -0.25) is 4.79 Å². The molecular formula is C21H23NO3. The summed E-state index contributed by atoms with van der Waals surface area (Å²) in [6, 6.07) is 13.2. The van der Waals surface area contributed by atoms with Gasteiger partial charge in [-0.15, -0.1) is 0 Å². The summed E-state index contributed by atoms with van der Waals surface area (Å²) in [7, 11) is 1.92. The molecule has 0 aliphatic rings. The number of hydrogen-bond acceptors (Lipinski definition) is 4. The number of nitrogens with one attached hydrogen (secondary N) is 1. The van der Waals surface area contributed by atoms with Crippen molar-refractivity contribution in [3.05, 3.63) is 64.9 Å². The molecule has 4 nitrogen and oxygen atoms in total. The van der Waals surface area contributed by atoms with Crippen molar-refractivity contribution in [2.24, 2.45) is 0 Å². The highest BCUT2D eigenvalue weighted by atomic mass is 16.5. The van der Waals surface area contributed by atoms with Crippen molar-refractivity contribution in [3.63, 3.8) is 0 Å². The molecule has 0 aliphatic carbocycles. The van der Waals surface area contributed by atoms with Gasteiger partial charge in [0.1, 0.15) is 17.1 Å². The third kappa shape index (κ3) is 3.74. The van der Waals surface area contributed by atoms with Gasteiger partial charge >= 0.3 is 0 Å². The molecule has 0 aliphatic heterocycles. The lowest BCUT2D eigenvalue weighted by Gasteiger charge is -2.07. The fourth-order valence-corrected chi connectivity index (χ4v) is 2.90. The van der Waals surface area contributed by atoms with E-state index in [1.165, 1.54) is 0 Å². The van der Waals surface area contributed by atoms with Crippen molar-refractivity contribution < 1.29 is 13.9 Å². The number of benzene rings is 2. The minimum Gasteiger partial charge on any atom is -0.494 e. The van der Waals surface area contributed by atoms with E-state index in [0.29, 0.717) is 23.5 Å². The van der Waals surface area contributed by atoms with E-state index in [4.69, 9.17) is 9.15 Å². The molecule has 1 heterocycles. The minimum atomic E-state index is -0.0245. The van der Waals surface area contributed by atoms with Crippen LogP contribution in [0.15, 0.2) is 46.9 Å². The van der Waals surface area contributed by atoms with Crippen LogP contribution in [0.5, 0.6) is 5.75 Å². The molecule has 0 unspecified atom stereocenters. The van der Waals surface area contributed by atoms with Crippen LogP contribution >= 0.6 is 0 Å². The molecule has 3 aromatic rings. The zero-order valence-electron chi connectivity index (χ0n) is 14.9. The van der Waals surface area contributed by atoms with Crippen LogP contribution in [-0.4, -0.2) is 26.0 Å². The lowest BCUT2D eigenvalue weighted by molar-refractivity contribution is 0.103. The average Bonchev–Trinajstić information content (AvgIpc) is 2.93. The summed E-state index contributed by atoms with van der Waals surface area (Å²) in [4.78, 5) is 13.0. The predicted molar refractivity (Wildman–Crippen MR) is 99.6 cm³/mol. The summed E-state index contributed by atoms with van der Waals surface area (Å²) < 4.78 is 11.4. The molecule has 0 saturated heterocycles. The average molecular weight is 337 g/mol. The Morgan fingerprint density at radius 2 is 1.88 bits per heavy atom. The summed E-state index contributed by atoms with van der Waals surface area (Å²) >= 11 is 0. The largest absolute Gasteiger partial charge is 0.494 e. The van der Waals surface area contributed by atoms with E-state index in [1.54, 1.807) is 0 Å². The number of carbonyl (C=O) groups excluding carboxylic acids is 1. The Balaban J connectivity index is 1.81. The second-order valence-electron chi connectivity index (χ2n) is 6.19. The zero-order valence-corrected chi connectivity index (χ0v) is 14.9. The second-order valence-corrected chi connectivity index (χ2v) is 6.19. The normalized spacial score (nSPS) is 11.0. The highest BCUT2D eigenvalue weighted by Crippen LogP contribution is 2.29. The number of ether oxygens (including phenoxy) is 1. The molecule has 0 amide bonds. The smallest absolute Gasteiger partial charge is 0.197 e. The first kappa shape index (κ1) is 17.2. The fraction of sp³-hybridized carbons (Fsp3) is 0.286. The van der Waals surface area contributed by atoms with Crippen LogP contribution in [0.25, 0.3) is 11.0 Å². The van der Waals surface area contributed by atoms with Gasteiger partial charge in [0.15, 0.2) is 5.78 Å². The van der Waals surface area contributed by atoms with Gasteiger partial charge in [-0.05, 0) is 70.3 Å². The van der Waals surface area contributed by atoms with E-state index >= 15 is 0 Å². The molecule has 130 valence electrons. The van der Waals surface area contributed by atoms with Crippen molar-refractivity contribution in [3.8, 4) is 5.75 Å². The highest BCUT2D eigenvalue weighted by molar-refractivity contribution is 6.16. The summed E-state index contributed by atoms with van der Waals surface area (Å²) in [6.45, 7) is 5.42. The van der Waals surface area contributed by atoms with Crippen LogP contribution < -0.4 is 10.1 Å². The first-order valence-electron chi connectivity index (χ1n) is 8.52. The summed E-state index contributed by atoms with van der Waals surface area (Å²) in [5.74, 6) is 1.40.